The molecule has 1 aliphatic heterocycles. The van der Waals surface area contributed by atoms with E-state index in [9.17, 15) is 0 Å². The molecule has 0 spiro atoms. The minimum Gasteiger partial charge on any atom is -0.339 e. The van der Waals surface area contributed by atoms with Gasteiger partial charge in [-0.2, -0.15) is 5.10 Å². The number of aromatic nitrogens is 4. The van der Waals surface area contributed by atoms with Crippen molar-refractivity contribution >= 4 is 5.95 Å². The fourth-order valence-corrected chi connectivity index (χ4v) is 2.61. The number of anilines is 1. The normalized spacial score (nSPS) is 19.2. The molecule has 0 bridgehead atoms. The minimum absolute atomic E-state index is 0.479. The van der Waals surface area contributed by atoms with Gasteiger partial charge in [0.2, 0.25) is 5.95 Å². The highest BCUT2D eigenvalue weighted by Crippen LogP contribution is 2.15. The summed E-state index contributed by atoms with van der Waals surface area (Å²) < 4.78 is 1.84. The lowest BCUT2D eigenvalue weighted by atomic mass is 10.1. The van der Waals surface area contributed by atoms with Crippen molar-refractivity contribution in [3.8, 4) is 0 Å². The van der Waals surface area contributed by atoms with E-state index in [4.69, 9.17) is 0 Å². The minimum atomic E-state index is 0.479. The molecule has 3 heterocycles. The van der Waals surface area contributed by atoms with Gasteiger partial charge in [-0.05, 0) is 18.9 Å². The third-order valence-corrected chi connectivity index (χ3v) is 3.61. The monoisotopic (exact) mass is 272 g/mol. The Morgan fingerprint density at radius 2 is 2.20 bits per heavy atom. The maximum atomic E-state index is 4.33. The summed E-state index contributed by atoms with van der Waals surface area (Å²) in [5.41, 5.74) is 1.22. The Kier molecular flexibility index (Phi) is 3.92. The molecule has 2 aromatic heterocycles. The predicted octanol–water partition coefficient (Wildman–Crippen LogP) is 0.969. The van der Waals surface area contributed by atoms with E-state index >= 15 is 0 Å². The number of nitrogens with zero attached hydrogens (tertiary/aromatic N) is 5. The predicted molar refractivity (Wildman–Crippen MR) is 77.3 cm³/mol. The molecule has 0 aliphatic carbocycles. The number of hydrogen-bond acceptors (Lipinski definition) is 5. The first-order valence-electron chi connectivity index (χ1n) is 7.04. The van der Waals surface area contributed by atoms with Crippen molar-refractivity contribution in [2.24, 2.45) is 7.05 Å². The van der Waals surface area contributed by atoms with Gasteiger partial charge in [-0.15, -0.1) is 0 Å². The maximum Gasteiger partial charge on any atom is 0.225 e. The Morgan fingerprint density at radius 3 is 2.95 bits per heavy atom. The van der Waals surface area contributed by atoms with Gasteiger partial charge in [0.05, 0.1) is 6.20 Å². The Hall–Kier alpha value is -1.95. The molecular weight excluding hydrogens is 252 g/mol. The van der Waals surface area contributed by atoms with Crippen molar-refractivity contribution in [3.63, 3.8) is 0 Å². The van der Waals surface area contributed by atoms with Crippen LogP contribution in [0.15, 0.2) is 30.9 Å². The van der Waals surface area contributed by atoms with Crippen molar-refractivity contribution in [2.75, 3.05) is 18.0 Å². The van der Waals surface area contributed by atoms with Gasteiger partial charge in [0.25, 0.3) is 0 Å². The topological polar surface area (TPSA) is 58.9 Å². The van der Waals surface area contributed by atoms with E-state index < -0.39 is 0 Å². The van der Waals surface area contributed by atoms with Crippen molar-refractivity contribution in [2.45, 2.75) is 25.4 Å². The second-order valence-corrected chi connectivity index (χ2v) is 5.24. The highest BCUT2D eigenvalue weighted by atomic mass is 15.3. The Morgan fingerprint density at radius 1 is 1.35 bits per heavy atom. The molecule has 0 radical (unpaired) electrons. The second kappa shape index (κ2) is 6.00. The zero-order valence-electron chi connectivity index (χ0n) is 11.7. The summed E-state index contributed by atoms with van der Waals surface area (Å²) in [6, 6.07) is 2.33. The highest BCUT2D eigenvalue weighted by Gasteiger charge is 2.21. The van der Waals surface area contributed by atoms with E-state index in [1.54, 1.807) is 12.4 Å². The zero-order valence-corrected chi connectivity index (χ0v) is 11.7. The van der Waals surface area contributed by atoms with E-state index in [0.717, 1.165) is 25.6 Å². The van der Waals surface area contributed by atoms with Gasteiger partial charge < -0.3 is 10.2 Å². The van der Waals surface area contributed by atoms with E-state index in [2.05, 4.69) is 25.3 Å². The van der Waals surface area contributed by atoms with Crippen LogP contribution in [0.5, 0.6) is 0 Å². The number of piperidine rings is 1. The van der Waals surface area contributed by atoms with Crippen LogP contribution in [-0.4, -0.2) is 38.9 Å². The molecule has 20 heavy (non-hydrogen) atoms. The van der Waals surface area contributed by atoms with Gasteiger partial charge in [-0.1, -0.05) is 0 Å². The molecule has 1 atom stereocenters. The fraction of sp³-hybridized carbons (Fsp3) is 0.500. The van der Waals surface area contributed by atoms with Crippen molar-refractivity contribution in [1.29, 1.82) is 0 Å². The van der Waals surface area contributed by atoms with Crippen LogP contribution < -0.4 is 10.2 Å². The summed E-state index contributed by atoms with van der Waals surface area (Å²) in [5.74, 6) is 0.834. The number of hydrogen-bond donors (Lipinski definition) is 1. The standard InChI is InChI=1S/C14H20N6/c1-19-10-12(9-18-19)8-17-13-4-2-7-20(11-13)14-15-5-3-6-16-14/h3,5-6,9-10,13,17H,2,4,7-8,11H2,1H3/t13-/m1/s1. The second-order valence-electron chi connectivity index (χ2n) is 5.24. The Labute approximate surface area is 118 Å². The summed E-state index contributed by atoms with van der Waals surface area (Å²) in [7, 11) is 1.94. The molecule has 1 aliphatic rings. The molecular formula is C14H20N6. The third kappa shape index (κ3) is 3.14. The quantitative estimate of drug-likeness (QED) is 0.898. The smallest absolute Gasteiger partial charge is 0.225 e. The van der Waals surface area contributed by atoms with Crippen LogP contribution in [-0.2, 0) is 13.6 Å². The van der Waals surface area contributed by atoms with Crippen molar-refractivity contribution in [3.05, 3.63) is 36.4 Å². The maximum absolute atomic E-state index is 4.33. The zero-order chi connectivity index (χ0) is 13.8. The first-order valence-corrected chi connectivity index (χ1v) is 7.04. The molecule has 0 aromatic carbocycles. The van der Waals surface area contributed by atoms with Gasteiger partial charge in [0.15, 0.2) is 0 Å². The molecule has 0 unspecified atom stereocenters. The molecule has 2 aromatic rings. The van der Waals surface area contributed by atoms with Gasteiger partial charge in [-0.3, -0.25) is 4.68 Å². The molecule has 1 saturated heterocycles. The third-order valence-electron chi connectivity index (χ3n) is 3.61. The van der Waals surface area contributed by atoms with Gasteiger partial charge in [-0.25, -0.2) is 9.97 Å². The van der Waals surface area contributed by atoms with E-state index in [-0.39, 0.29) is 0 Å². The van der Waals surface area contributed by atoms with E-state index in [1.807, 2.05) is 30.2 Å². The summed E-state index contributed by atoms with van der Waals surface area (Å²) in [6.07, 6.45) is 9.93. The molecule has 0 amide bonds. The van der Waals surface area contributed by atoms with Crippen LogP contribution >= 0.6 is 0 Å². The van der Waals surface area contributed by atoms with Gasteiger partial charge in [0.1, 0.15) is 0 Å². The summed E-state index contributed by atoms with van der Waals surface area (Å²) >= 11 is 0. The largest absolute Gasteiger partial charge is 0.339 e. The molecule has 0 saturated carbocycles. The molecule has 6 nitrogen and oxygen atoms in total. The van der Waals surface area contributed by atoms with Crippen LogP contribution in [0, 0.1) is 0 Å². The Bertz CT molecular complexity index is 538. The molecule has 106 valence electrons. The number of rotatable bonds is 4. The van der Waals surface area contributed by atoms with Crippen molar-refractivity contribution < 1.29 is 0 Å². The van der Waals surface area contributed by atoms with E-state index in [1.165, 1.54) is 18.4 Å². The van der Waals surface area contributed by atoms with Crippen LogP contribution in [0.1, 0.15) is 18.4 Å². The molecule has 3 rings (SSSR count). The van der Waals surface area contributed by atoms with Gasteiger partial charge in [0, 0.05) is 56.9 Å². The average Bonchev–Trinajstić information content (AvgIpc) is 2.92. The van der Waals surface area contributed by atoms with Crippen LogP contribution in [0.2, 0.25) is 0 Å². The lowest BCUT2D eigenvalue weighted by molar-refractivity contribution is 0.418. The van der Waals surface area contributed by atoms with E-state index in [0.29, 0.717) is 6.04 Å². The Balaban J connectivity index is 1.55. The van der Waals surface area contributed by atoms with Gasteiger partial charge >= 0.3 is 0 Å². The average molecular weight is 272 g/mol. The van der Waals surface area contributed by atoms with Crippen LogP contribution in [0.4, 0.5) is 5.95 Å². The van der Waals surface area contributed by atoms with Crippen molar-refractivity contribution in [1.82, 2.24) is 25.1 Å². The summed E-state index contributed by atoms with van der Waals surface area (Å²) in [6.45, 7) is 2.86. The molecule has 1 N–H and O–H groups in total. The lowest BCUT2D eigenvalue weighted by Gasteiger charge is -2.33. The van der Waals surface area contributed by atoms with Crippen LogP contribution in [0.25, 0.3) is 0 Å². The number of aryl methyl sites for hydroxylation is 1. The first-order chi connectivity index (χ1) is 9.81. The lowest BCUT2D eigenvalue weighted by Crippen LogP contribution is -2.46. The first kappa shape index (κ1) is 13.1. The number of nitrogens with one attached hydrogen (secondary N) is 1. The molecule has 1 fully saturated rings. The highest BCUT2D eigenvalue weighted by molar-refractivity contribution is 5.29. The summed E-state index contributed by atoms with van der Waals surface area (Å²) in [4.78, 5) is 10.9. The summed E-state index contributed by atoms with van der Waals surface area (Å²) in [5, 5.41) is 7.79. The fourth-order valence-electron chi connectivity index (χ4n) is 2.61. The SMILES string of the molecule is Cn1cc(CN[C@@H]2CCCN(c3ncccn3)C2)cn1. The van der Waals surface area contributed by atoms with Crippen LogP contribution in [0.3, 0.4) is 0 Å². The molecule has 6 heteroatoms.